The third-order valence-corrected chi connectivity index (χ3v) is 4.51. The Morgan fingerprint density at radius 3 is 3.00 bits per heavy atom. The van der Waals surface area contributed by atoms with Crippen LogP contribution in [-0.2, 0) is 12.8 Å². The molecule has 2 aromatic rings. The van der Waals surface area contributed by atoms with Gasteiger partial charge >= 0.3 is 0 Å². The molecule has 0 saturated carbocycles. The average Bonchev–Trinajstić information content (AvgIpc) is 2.83. The Bertz CT molecular complexity index is 544. The third-order valence-electron chi connectivity index (χ3n) is 2.73. The second-order valence-corrected chi connectivity index (χ2v) is 5.54. The summed E-state index contributed by atoms with van der Waals surface area (Å²) in [5.41, 5.74) is 7.94. The highest BCUT2D eigenvalue weighted by Crippen LogP contribution is 2.27. The van der Waals surface area contributed by atoms with E-state index in [9.17, 15) is 4.39 Å². The van der Waals surface area contributed by atoms with Crippen LogP contribution in [0.5, 0.6) is 0 Å². The van der Waals surface area contributed by atoms with Crippen molar-refractivity contribution in [3.63, 3.8) is 0 Å². The van der Waals surface area contributed by atoms with Crippen LogP contribution in [0.2, 0.25) is 0 Å². The van der Waals surface area contributed by atoms with Gasteiger partial charge in [0, 0.05) is 6.04 Å². The molecule has 2 rings (SSSR count). The number of halogens is 2. The summed E-state index contributed by atoms with van der Waals surface area (Å²) >= 11 is 4.57. The number of hydrogen-bond donors (Lipinski definition) is 1. The Kier molecular flexibility index (Phi) is 4.42. The summed E-state index contributed by atoms with van der Waals surface area (Å²) in [6.45, 7) is 2.02. The maximum atomic E-state index is 13.4. The number of benzene rings is 1. The minimum Gasteiger partial charge on any atom is -0.323 e. The van der Waals surface area contributed by atoms with E-state index in [4.69, 9.17) is 5.73 Å². The van der Waals surface area contributed by atoms with Crippen LogP contribution in [-0.4, -0.2) is 9.59 Å². The predicted molar refractivity (Wildman–Crippen MR) is 74.0 cm³/mol. The summed E-state index contributed by atoms with van der Waals surface area (Å²) in [4.78, 5) is 0.980. The first-order valence-electron chi connectivity index (χ1n) is 5.63. The standard InChI is InChI=1S/C12H13BrFN3S/c1-2-10-12(18-17-16-10)9(15)6-7-4-3-5-8(14)11(7)13/h3-5,9H,2,6,15H2,1H3. The van der Waals surface area contributed by atoms with Crippen molar-refractivity contribution in [2.75, 3.05) is 0 Å². The molecule has 1 unspecified atom stereocenters. The first kappa shape index (κ1) is 13.6. The Labute approximate surface area is 118 Å². The minimum absolute atomic E-state index is 0.196. The van der Waals surface area contributed by atoms with E-state index in [0.717, 1.165) is 22.6 Å². The monoisotopic (exact) mass is 329 g/mol. The van der Waals surface area contributed by atoms with Gasteiger partial charge in [0.2, 0.25) is 0 Å². The van der Waals surface area contributed by atoms with Gasteiger partial charge in [0.25, 0.3) is 0 Å². The van der Waals surface area contributed by atoms with Crippen LogP contribution in [0.3, 0.4) is 0 Å². The van der Waals surface area contributed by atoms with Gasteiger partial charge in [0.15, 0.2) is 0 Å². The Hall–Kier alpha value is -0.850. The van der Waals surface area contributed by atoms with E-state index in [1.54, 1.807) is 6.07 Å². The van der Waals surface area contributed by atoms with Crippen molar-refractivity contribution >= 4 is 27.5 Å². The van der Waals surface area contributed by atoms with E-state index in [2.05, 4.69) is 25.5 Å². The van der Waals surface area contributed by atoms with Crippen molar-refractivity contribution < 1.29 is 4.39 Å². The van der Waals surface area contributed by atoms with Crippen molar-refractivity contribution in [1.29, 1.82) is 0 Å². The van der Waals surface area contributed by atoms with Crippen LogP contribution < -0.4 is 5.73 Å². The van der Waals surface area contributed by atoms with Gasteiger partial charge in [-0.3, -0.25) is 0 Å². The Balaban J connectivity index is 2.21. The normalized spacial score (nSPS) is 12.7. The predicted octanol–water partition coefficient (Wildman–Crippen LogP) is 3.24. The summed E-state index contributed by atoms with van der Waals surface area (Å²) in [7, 11) is 0. The third kappa shape index (κ3) is 2.76. The largest absolute Gasteiger partial charge is 0.323 e. The zero-order valence-electron chi connectivity index (χ0n) is 9.86. The first-order chi connectivity index (χ1) is 8.63. The van der Waals surface area contributed by atoms with Crippen LogP contribution in [0.4, 0.5) is 4.39 Å². The zero-order chi connectivity index (χ0) is 13.1. The molecule has 1 aromatic heterocycles. The van der Waals surface area contributed by atoms with Crippen LogP contribution in [0.1, 0.15) is 29.1 Å². The molecule has 2 N–H and O–H groups in total. The number of nitrogens with two attached hydrogens (primary N) is 1. The number of aromatic nitrogens is 2. The Morgan fingerprint density at radius 2 is 2.28 bits per heavy atom. The number of rotatable bonds is 4. The van der Waals surface area contributed by atoms with E-state index < -0.39 is 0 Å². The fourth-order valence-corrected chi connectivity index (χ4v) is 2.94. The highest BCUT2D eigenvalue weighted by Gasteiger charge is 2.17. The zero-order valence-corrected chi connectivity index (χ0v) is 12.3. The number of nitrogens with zero attached hydrogens (tertiary/aromatic N) is 2. The van der Waals surface area contributed by atoms with Gasteiger partial charge < -0.3 is 5.73 Å². The molecule has 1 heterocycles. The number of aryl methyl sites for hydroxylation is 1. The van der Waals surface area contributed by atoms with Crippen LogP contribution in [0, 0.1) is 5.82 Å². The lowest BCUT2D eigenvalue weighted by molar-refractivity contribution is 0.614. The van der Waals surface area contributed by atoms with E-state index in [1.165, 1.54) is 17.6 Å². The summed E-state index contributed by atoms with van der Waals surface area (Å²) in [5, 5.41) is 4.04. The molecule has 1 aromatic carbocycles. The van der Waals surface area contributed by atoms with Gasteiger partial charge in [-0.1, -0.05) is 23.5 Å². The minimum atomic E-state index is -0.266. The van der Waals surface area contributed by atoms with Gasteiger partial charge in [-0.05, 0) is 51.9 Å². The highest BCUT2D eigenvalue weighted by atomic mass is 79.9. The van der Waals surface area contributed by atoms with Gasteiger partial charge in [-0.25, -0.2) is 4.39 Å². The first-order valence-corrected chi connectivity index (χ1v) is 7.19. The Morgan fingerprint density at radius 1 is 1.50 bits per heavy atom. The lowest BCUT2D eigenvalue weighted by Crippen LogP contribution is -2.14. The van der Waals surface area contributed by atoms with Crippen molar-refractivity contribution in [2.24, 2.45) is 5.73 Å². The molecule has 18 heavy (non-hydrogen) atoms. The van der Waals surface area contributed by atoms with Gasteiger partial charge in [-0.15, -0.1) is 5.10 Å². The quantitative estimate of drug-likeness (QED) is 0.936. The van der Waals surface area contributed by atoms with E-state index in [0.29, 0.717) is 10.9 Å². The van der Waals surface area contributed by atoms with Crippen LogP contribution in [0.15, 0.2) is 22.7 Å². The molecule has 3 nitrogen and oxygen atoms in total. The maximum absolute atomic E-state index is 13.4. The molecule has 0 aliphatic carbocycles. The number of hydrogen-bond acceptors (Lipinski definition) is 4. The second kappa shape index (κ2) is 5.86. The molecule has 0 spiro atoms. The van der Waals surface area contributed by atoms with Crippen molar-refractivity contribution in [3.05, 3.63) is 44.6 Å². The van der Waals surface area contributed by atoms with Gasteiger partial charge in [0.1, 0.15) is 5.82 Å². The highest BCUT2D eigenvalue weighted by molar-refractivity contribution is 9.10. The van der Waals surface area contributed by atoms with Gasteiger partial charge in [-0.2, -0.15) is 0 Å². The molecular formula is C12H13BrFN3S. The topological polar surface area (TPSA) is 51.8 Å². The summed E-state index contributed by atoms with van der Waals surface area (Å²) < 4.78 is 17.8. The molecule has 0 aliphatic rings. The average molecular weight is 330 g/mol. The van der Waals surface area contributed by atoms with E-state index in [1.807, 2.05) is 13.0 Å². The lowest BCUT2D eigenvalue weighted by atomic mass is 10.0. The molecule has 96 valence electrons. The SMILES string of the molecule is CCc1nnsc1C(N)Cc1cccc(F)c1Br. The van der Waals surface area contributed by atoms with Gasteiger partial charge in [0.05, 0.1) is 15.0 Å². The molecule has 1 atom stereocenters. The summed E-state index contributed by atoms with van der Waals surface area (Å²) in [6, 6.07) is 4.78. The fourth-order valence-electron chi connectivity index (χ4n) is 1.78. The van der Waals surface area contributed by atoms with Crippen LogP contribution in [0.25, 0.3) is 0 Å². The molecular weight excluding hydrogens is 317 g/mol. The molecule has 0 bridgehead atoms. The molecule has 0 amide bonds. The van der Waals surface area contributed by atoms with Crippen molar-refractivity contribution in [2.45, 2.75) is 25.8 Å². The molecule has 0 radical (unpaired) electrons. The van der Waals surface area contributed by atoms with E-state index >= 15 is 0 Å². The molecule has 0 fully saturated rings. The van der Waals surface area contributed by atoms with Crippen LogP contribution >= 0.6 is 27.5 Å². The van der Waals surface area contributed by atoms with E-state index in [-0.39, 0.29) is 11.9 Å². The molecule has 0 saturated heterocycles. The fraction of sp³-hybridized carbons (Fsp3) is 0.333. The lowest BCUT2D eigenvalue weighted by Gasteiger charge is -2.12. The second-order valence-electron chi connectivity index (χ2n) is 3.96. The smallest absolute Gasteiger partial charge is 0.137 e. The molecule has 6 heteroatoms. The summed E-state index contributed by atoms with van der Waals surface area (Å²) in [6.07, 6.45) is 1.37. The molecule has 0 aliphatic heterocycles. The maximum Gasteiger partial charge on any atom is 0.137 e. The van der Waals surface area contributed by atoms with Crippen molar-refractivity contribution in [3.8, 4) is 0 Å². The van der Waals surface area contributed by atoms with Crippen molar-refractivity contribution in [1.82, 2.24) is 9.59 Å². The summed E-state index contributed by atoms with van der Waals surface area (Å²) in [5.74, 6) is -0.266.